The maximum Gasteiger partial charge on any atom is 0.0628 e. The summed E-state index contributed by atoms with van der Waals surface area (Å²) in [5.41, 5.74) is 0.304. The van der Waals surface area contributed by atoms with Crippen molar-refractivity contribution in [3.05, 3.63) is 0 Å². The molecule has 1 fully saturated rings. The van der Waals surface area contributed by atoms with Crippen LogP contribution in [0.3, 0.4) is 0 Å². The quantitative estimate of drug-likeness (QED) is 0.758. The predicted octanol–water partition coefficient (Wildman–Crippen LogP) is 1.42. The van der Waals surface area contributed by atoms with E-state index in [-0.39, 0.29) is 0 Å². The first-order valence-corrected chi connectivity index (χ1v) is 7.67. The van der Waals surface area contributed by atoms with E-state index in [1.165, 1.54) is 32.6 Å². The molecule has 1 N–H and O–H groups in total. The molecule has 0 bridgehead atoms. The van der Waals surface area contributed by atoms with Crippen molar-refractivity contribution in [1.82, 2.24) is 15.1 Å². The van der Waals surface area contributed by atoms with Gasteiger partial charge in [0.05, 0.1) is 6.61 Å². The van der Waals surface area contributed by atoms with Crippen molar-refractivity contribution in [3.8, 4) is 0 Å². The lowest BCUT2D eigenvalue weighted by molar-refractivity contribution is 0.0508. The molecule has 1 unspecified atom stereocenters. The van der Waals surface area contributed by atoms with Gasteiger partial charge in [-0.05, 0) is 33.7 Å². The van der Waals surface area contributed by atoms with Crippen molar-refractivity contribution in [3.63, 3.8) is 0 Å². The number of hydrogen-bond acceptors (Lipinski definition) is 4. The van der Waals surface area contributed by atoms with Gasteiger partial charge in [0, 0.05) is 51.4 Å². The maximum absolute atomic E-state index is 5.32. The Bertz CT molecular complexity index is 232. The molecule has 0 aromatic heterocycles. The molecule has 1 saturated heterocycles. The second-order valence-corrected chi connectivity index (χ2v) is 6.56. The van der Waals surface area contributed by atoms with Gasteiger partial charge in [-0.3, -0.25) is 9.80 Å². The van der Waals surface area contributed by atoms with Crippen LogP contribution >= 0.6 is 0 Å². The second kappa shape index (κ2) is 8.20. The second-order valence-electron chi connectivity index (χ2n) is 6.56. The van der Waals surface area contributed by atoms with E-state index in [4.69, 9.17) is 4.74 Å². The monoisotopic (exact) mass is 271 g/mol. The molecule has 0 amide bonds. The highest BCUT2D eigenvalue weighted by Crippen LogP contribution is 2.15. The standard InChI is InChI=1S/C15H33N3O/c1-6-7-16-14(13-19-5)12-17-8-10-18(11-9-17)15(2,3)4/h14,16H,6-13H2,1-5H3. The Labute approximate surface area is 119 Å². The Hall–Kier alpha value is -0.160. The van der Waals surface area contributed by atoms with Gasteiger partial charge in [0.25, 0.3) is 0 Å². The fourth-order valence-electron chi connectivity index (χ4n) is 2.64. The van der Waals surface area contributed by atoms with E-state index in [1.54, 1.807) is 7.11 Å². The molecule has 0 radical (unpaired) electrons. The van der Waals surface area contributed by atoms with E-state index < -0.39 is 0 Å². The average Bonchev–Trinajstić information content (AvgIpc) is 2.36. The van der Waals surface area contributed by atoms with Gasteiger partial charge < -0.3 is 10.1 Å². The zero-order valence-electron chi connectivity index (χ0n) is 13.5. The van der Waals surface area contributed by atoms with Crippen LogP contribution in [-0.2, 0) is 4.74 Å². The molecule has 1 atom stereocenters. The zero-order chi connectivity index (χ0) is 14.3. The molecule has 114 valence electrons. The maximum atomic E-state index is 5.32. The fourth-order valence-corrected chi connectivity index (χ4v) is 2.64. The van der Waals surface area contributed by atoms with Gasteiger partial charge in [-0.1, -0.05) is 6.92 Å². The Kier molecular flexibility index (Phi) is 7.29. The summed E-state index contributed by atoms with van der Waals surface area (Å²) in [6, 6.07) is 0.464. The van der Waals surface area contributed by atoms with Crippen LogP contribution in [-0.4, -0.2) is 74.4 Å². The smallest absolute Gasteiger partial charge is 0.0628 e. The van der Waals surface area contributed by atoms with Crippen molar-refractivity contribution in [2.75, 3.05) is 53.0 Å². The highest BCUT2D eigenvalue weighted by atomic mass is 16.5. The van der Waals surface area contributed by atoms with Crippen LogP contribution in [0.1, 0.15) is 34.1 Å². The lowest BCUT2D eigenvalue weighted by Gasteiger charge is -2.43. The van der Waals surface area contributed by atoms with E-state index in [0.717, 1.165) is 19.7 Å². The molecule has 1 aliphatic rings. The molecular formula is C15H33N3O. The van der Waals surface area contributed by atoms with Crippen LogP contribution in [0.4, 0.5) is 0 Å². The summed E-state index contributed by atoms with van der Waals surface area (Å²) in [4.78, 5) is 5.14. The molecule has 1 heterocycles. The average molecular weight is 271 g/mol. The van der Waals surface area contributed by atoms with Gasteiger partial charge in [0.2, 0.25) is 0 Å². The van der Waals surface area contributed by atoms with E-state index in [2.05, 4.69) is 42.8 Å². The Morgan fingerprint density at radius 3 is 2.26 bits per heavy atom. The molecule has 0 spiro atoms. The van der Waals surface area contributed by atoms with Gasteiger partial charge in [0.15, 0.2) is 0 Å². The largest absolute Gasteiger partial charge is 0.383 e. The van der Waals surface area contributed by atoms with Crippen LogP contribution in [0.25, 0.3) is 0 Å². The third-order valence-corrected chi connectivity index (χ3v) is 3.85. The van der Waals surface area contributed by atoms with Crippen LogP contribution in [0, 0.1) is 0 Å². The number of rotatable bonds is 7. The summed E-state index contributed by atoms with van der Waals surface area (Å²) in [5, 5.41) is 3.58. The lowest BCUT2D eigenvalue weighted by Crippen LogP contribution is -2.56. The molecule has 1 rings (SSSR count). The molecule has 1 aliphatic heterocycles. The Morgan fingerprint density at radius 2 is 1.79 bits per heavy atom. The number of piperazine rings is 1. The molecule has 0 saturated carbocycles. The van der Waals surface area contributed by atoms with Gasteiger partial charge in [-0.25, -0.2) is 0 Å². The van der Waals surface area contributed by atoms with Crippen LogP contribution in [0.5, 0.6) is 0 Å². The van der Waals surface area contributed by atoms with E-state index in [1.807, 2.05) is 0 Å². The lowest BCUT2D eigenvalue weighted by atomic mass is 10.0. The summed E-state index contributed by atoms with van der Waals surface area (Å²) in [6.45, 7) is 16.8. The third kappa shape index (κ3) is 6.21. The third-order valence-electron chi connectivity index (χ3n) is 3.85. The predicted molar refractivity (Wildman–Crippen MR) is 81.7 cm³/mol. The number of ether oxygens (including phenoxy) is 1. The summed E-state index contributed by atoms with van der Waals surface area (Å²) < 4.78 is 5.32. The number of nitrogens with one attached hydrogen (secondary N) is 1. The van der Waals surface area contributed by atoms with Crippen LogP contribution in [0.15, 0.2) is 0 Å². The SMILES string of the molecule is CCCNC(COC)CN1CCN(C(C)(C)C)CC1. The summed E-state index contributed by atoms with van der Waals surface area (Å²) in [7, 11) is 1.79. The first-order valence-electron chi connectivity index (χ1n) is 7.67. The minimum Gasteiger partial charge on any atom is -0.383 e. The Morgan fingerprint density at radius 1 is 1.16 bits per heavy atom. The molecule has 4 nitrogen and oxygen atoms in total. The summed E-state index contributed by atoms with van der Waals surface area (Å²) in [5.74, 6) is 0. The van der Waals surface area contributed by atoms with Crippen molar-refractivity contribution in [2.24, 2.45) is 0 Å². The highest BCUT2D eigenvalue weighted by Gasteiger charge is 2.26. The van der Waals surface area contributed by atoms with Crippen LogP contribution in [0.2, 0.25) is 0 Å². The van der Waals surface area contributed by atoms with Crippen LogP contribution < -0.4 is 5.32 Å². The minimum atomic E-state index is 0.304. The molecule has 0 aliphatic carbocycles. The molecule has 4 heteroatoms. The first-order chi connectivity index (χ1) is 8.97. The van der Waals surface area contributed by atoms with Gasteiger partial charge in [-0.2, -0.15) is 0 Å². The number of nitrogens with zero attached hydrogens (tertiary/aromatic N) is 2. The topological polar surface area (TPSA) is 27.7 Å². The molecule has 19 heavy (non-hydrogen) atoms. The molecule has 0 aromatic rings. The Balaban J connectivity index is 2.33. The first kappa shape index (κ1) is 16.9. The van der Waals surface area contributed by atoms with Gasteiger partial charge >= 0.3 is 0 Å². The summed E-state index contributed by atoms with van der Waals surface area (Å²) >= 11 is 0. The fraction of sp³-hybridized carbons (Fsp3) is 1.00. The van der Waals surface area contributed by atoms with Crippen molar-refractivity contribution < 1.29 is 4.74 Å². The number of methoxy groups -OCH3 is 1. The molecular weight excluding hydrogens is 238 g/mol. The highest BCUT2D eigenvalue weighted by molar-refractivity contribution is 4.83. The van der Waals surface area contributed by atoms with E-state index >= 15 is 0 Å². The summed E-state index contributed by atoms with van der Waals surface area (Å²) in [6.07, 6.45) is 1.18. The van der Waals surface area contributed by atoms with Gasteiger partial charge in [-0.15, -0.1) is 0 Å². The van der Waals surface area contributed by atoms with E-state index in [0.29, 0.717) is 11.6 Å². The van der Waals surface area contributed by atoms with Crippen molar-refractivity contribution >= 4 is 0 Å². The van der Waals surface area contributed by atoms with Gasteiger partial charge in [0.1, 0.15) is 0 Å². The normalized spacial score (nSPS) is 20.7. The zero-order valence-corrected chi connectivity index (χ0v) is 13.5. The van der Waals surface area contributed by atoms with Crippen molar-refractivity contribution in [1.29, 1.82) is 0 Å². The van der Waals surface area contributed by atoms with Crippen molar-refractivity contribution in [2.45, 2.75) is 45.7 Å². The number of hydrogen-bond donors (Lipinski definition) is 1. The minimum absolute atomic E-state index is 0.304. The molecule has 0 aromatic carbocycles. The van der Waals surface area contributed by atoms with E-state index in [9.17, 15) is 0 Å².